The number of rotatable bonds is 15. The molecule has 0 saturated carbocycles. The van der Waals surface area contributed by atoms with E-state index < -0.39 is 0 Å². The molecule has 0 spiro atoms. The first-order chi connectivity index (χ1) is 15.9. The van der Waals surface area contributed by atoms with Gasteiger partial charge in [0.15, 0.2) is 0 Å². The summed E-state index contributed by atoms with van der Waals surface area (Å²) in [6, 6.07) is 0. The highest BCUT2D eigenvalue weighted by molar-refractivity contribution is 5.87. The van der Waals surface area contributed by atoms with Gasteiger partial charge in [0.2, 0.25) is 0 Å². The lowest BCUT2D eigenvalue weighted by molar-refractivity contribution is -0.140. The number of hydrogen-bond donors (Lipinski definition) is 0. The van der Waals surface area contributed by atoms with Crippen molar-refractivity contribution in [2.24, 2.45) is 11.8 Å². The zero-order chi connectivity index (χ0) is 26.5. The minimum atomic E-state index is -0.246. The summed E-state index contributed by atoms with van der Waals surface area (Å²) in [5.74, 6) is 0.755. The van der Waals surface area contributed by atoms with E-state index in [2.05, 4.69) is 60.3 Å². The molecular weight excluding hydrogens is 424 g/mol. The first-order valence-corrected chi connectivity index (χ1v) is 12.9. The Balaban J connectivity index is 0. The third kappa shape index (κ3) is 21.7. The summed E-state index contributed by atoms with van der Waals surface area (Å²) in [4.78, 5) is 22.7. The topological polar surface area (TPSA) is 52.6 Å². The molecule has 2 unspecified atom stereocenters. The number of allylic oxidation sites excluding steroid dienone is 5. The van der Waals surface area contributed by atoms with Crippen LogP contribution in [0.3, 0.4) is 0 Å². The maximum Gasteiger partial charge on any atom is 0.333 e. The summed E-state index contributed by atoms with van der Waals surface area (Å²) >= 11 is 0. The molecule has 0 aromatic heterocycles. The van der Waals surface area contributed by atoms with Gasteiger partial charge in [-0.05, 0) is 98.3 Å². The van der Waals surface area contributed by atoms with E-state index in [9.17, 15) is 9.59 Å². The number of esters is 2. The van der Waals surface area contributed by atoms with Crippen molar-refractivity contribution in [3.05, 3.63) is 47.1 Å². The molecule has 0 rings (SSSR count). The molecule has 2 atom stereocenters. The van der Waals surface area contributed by atoms with Crippen LogP contribution in [0.5, 0.6) is 0 Å². The summed E-state index contributed by atoms with van der Waals surface area (Å²) in [7, 11) is 0. The van der Waals surface area contributed by atoms with Crippen LogP contribution in [0.15, 0.2) is 47.1 Å². The second-order valence-electron chi connectivity index (χ2n) is 9.71. The fourth-order valence-corrected chi connectivity index (χ4v) is 2.79. The lowest BCUT2D eigenvalue weighted by atomic mass is 10.0. The highest BCUT2D eigenvalue weighted by Crippen LogP contribution is 2.13. The average molecular weight is 477 g/mol. The van der Waals surface area contributed by atoms with Gasteiger partial charge >= 0.3 is 11.9 Å². The molecule has 4 heteroatoms. The van der Waals surface area contributed by atoms with Crippen molar-refractivity contribution in [3.8, 4) is 0 Å². The van der Waals surface area contributed by atoms with Crippen LogP contribution in [0.4, 0.5) is 0 Å². The van der Waals surface area contributed by atoms with E-state index in [1.807, 2.05) is 13.8 Å². The van der Waals surface area contributed by atoms with Gasteiger partial charge in [-0.15, -0.1) is 0 Å². The minimum Gasteiger partial charge on any atom is -0.462 e. The van der Waals surface area contributed by atoms with Gasteiger partial charge in [0.25, 0.3) is 0 Å². The van der Waals surface area contributed by atoms with Gasteiger partial charge in [-0.1, -0.05) is 56.7 Å². The fourth-order valence-electron chi connectivity index (χ4n) is 2.79. The predicted molar refractivity (Wildman–Crippen MR) is 146 cm³/mol. The lowest BCUT2D eigenvalue weighted by Gasteiger charge is -2.11. The molecule has 4 nitrogen and oxygen atoms in total. The van der Waals surface area contributed by atoms with Gasteiger partial charge in [0, 0.05) is 11.1 Å². The van der Waals surface area contributed by atoms with Crippen LogP contribution >= 0.6 is 0 Å². The van der Waals surface area contributed by atoms with Crippen molar-refractivity contribution in [1.82, 2.24) is 0 Å². The molecule has 0 heterocycles. The van der Waals surface area contributed by atoms with Crippen molar-refractivity contribution < 1.29 is 19.1 Å². The van der Waals surface area contributed by atoms with Crippen LogP contribution in [0.1, 0.15) is 107 Å². The number of carbonyl (C=O) groups is 2. The second kappa shape index (κ2) is 21.4. The molecule has 0 fully saturated rings. The summed E-state index contributed by atoms with van der Waals surface area (Å²) in [5.41, 5.74) is 3.97. The van der Waals surface area contributed by atoms with Crippen molar-refractivity contribution >= 4 is 11.9 Å². The van der Waals surface area contributed by atoms with E-state index in [0.29, 0.717) is 42.6 Å². The Morgan fingerprint density at radius 2 is 1.18 bits per heavy atom. The molecule has 0 radical (unpaired) electrons. The zero-order valence-corrected chi connectivity index (χ0v) is 23.6. The predicted octanol–water partition coefficient (Wildman–Crippen LogP) is 8.54. The molecule has 0 amide bonds. The van der Waals surface area contributed by atoms with Crippen LogP contribution in [-0.2, 0) is 19.1 Å². The van der Waals surface area contributed by atoms with Crippen LogP contribution in [-0.4, -0.2) is 25.2 Å². The van der Waals surface area contributed by atoms with Crippen molar-refractivity contribution in [1.29, 1.82) is 0 Å². The first-order valence-electron chi connectivity index (χ1n) is 12.9. The Kier molecular flexibility index (Phi) is 21.5. The number of carbonyl (C=O) groups excluding carboxylic acids is 2. The van der Waals surface area contributed by atoms with Gasteiger partial charge in [-0.25, -0.2) is 9.59 Å². The Hall–Kier alpha value is -2.10. The quantitative estimate of drug-likeness (QED) is 0.135. The van der Waals surface area contributed by atoms with Gasteiger partial charge in [-0.2, -0.15) is 0 Å². The van der Waals surface area contributed by atoms with E-state index in [1.165, 1.54) is 11.1 Å². The van der Waals surface area contributed by atoms with Gasteiger partial charge < -0.3 is 9.47 Å². The smallest absolute Gasteiger partial charge is 0.333 e. The minimum absolute atomic E-state index is 0.191. The van der Waals surface area contributed by atoms with Gasteiger partial charge in [0.1, 0.15) is 0 Å². The van der Waals surface area contributed by atoms with Crippen LogP contribution in [0, 0.1) is 11.8 Å². The average Bonchev–Trinajstić information content (AvgIpc) is 2.77. The number of ether oxygens (including phenoxy) is 2. The van der Waals surface area contributed by atoms with Crippen molar-refractivity contribution in [2.45, 2.75) is 107 Å². The normalized spacial score (nSPS) is 12.4. The Labute approximate surface area is 210 Å². The molecule has 0 N–H and O–H groups in total. The summed E-state index contributed by atoms with van der Waals surface area (Å²) < 4.78 is 10.3. The van der Waals surface area contributed by atoms with Crippen molar-refractivity contribution in [2.75, 3.05) is 13.2 Å². The monoisotopic (exact) mass is 476 g/mol. The number of hydrogen-bond acceptors (Lipinski definition) is 4. The van der Waals surface area contributed by atoms with Crippen molar-refractivity contribution in [3.63, 3.8) is 0 Å². The van der Waals surface area contributed by atoms with Gasteiger partial charge in [-0.3, -0.25) is 0 Å². The molecule has 0 saturated heterocycles. The molecule has 0 aliphatic rings. The van der Waals surface area contributed by atoms with Gasteiger partial charge in [0.05, 0.1) is 13.2 Å². The maximum atomic E-state index is 11.4. The van der Waals surface area contributed by atoms with E-state index in [1.54, 1.807) is 13.0 Å². The van der Waals surface area contributed by atoms with E-state index >= 15 is 0 Å². The standard InChI is InChI=1S/2C15H26O2/c2*1-6-14(5)15(16)17-11-10-13(4)9-7-8-12(2)3/h6,8,13H,7,9-11H2,1-5H3;8,13H,5-7,9-11H2,1-4H3/b14-6+;. The SMILES string of the molecule is C/C=C(\C)C(=O)OCCC(C)CCC=C(C)C.C=C(CC)C(=O)OCCC(C)CCC=C(C)C. The van der Waals surface area contributed by atoms with E-state index in [4.69, 9.17) is 9.47 Å². The largest absolute Gasteiger partial charge is 0.462 e. The summed E-state index contributed by atoms with van der Waals surface area (Å²) in [6.07, 6.45) is 13.4. The molecule has 0 aromatic carbocycles. The van der Waals surface area contributed by atoms with E-state index in [0.717, 1.165) is 38.5 Å². The van der Waals surface area contributed by atoms with Crippen LogP contribution < -0.4 is 0 Å². The highest BCUT2D eigenvalue weighted by atomic mass is 16.5. The highest BCUT2D eigenvalue weighted by Gasteiger charge is 2.08. The maximum absolute atomic E-state index is 11.4. The molecule has 0 aliphatic carbocycles. The zero-order valence-electron chi connectivity index (χ0n) is 23.6. The fraction of sp³-hybridized carbons (Fsp3) is 0.667. The van der Waals surface area contributed by atoms with Crippen LogP contribution in [0.25, 0.3) is 0 Å². The van der Waals surface area contributed by atoms with E-state index in [-0.39, 0.29) is 11.9 Å². The van der Waals surface area contributed by atoms with Crippen LogP contribution in [0.2, 0.25) is 0 Å². The Morgan fingerprint density at radius 1 is 0.765 bits per heavy atom. The molecule has 34 heavy (non-hydrogen) atoms. The third-order valence-electron chi connectivity index (χ3n) is 5.58. The first kappa shape index (κ1) is 34.1. The Morgan fingerprint density at radius 3 is 1.53 bits per heavy atom. The molecular formula is C30H52O4. The third-order valence-corrected chi connectivity index (χ3v) is 5.58. The summed E-state index contributed by atoms with van der Waals surface area (Å²) in [6.45, 7) is 23.1. The Bertz CT molecular complexity index is 674. The lowest BCUT2D eigenvalue weighted by Crippen LogP contribution is -2.10. The molecule has 0 aromatic rings. The second-order valence-corrected chi connectivity index (χ2v) is 9.71. The molecule has 196 valence electrons. The summed E-state index contributed by atoms with van der Waals surface area (Å²) in [5, 5.41) is 0. The molecule has 0 bridgehead atoms. The molecule has 0 aliphatic heterocycles.